The Balaban J connectivity index is 2.10. The van der Waals surface area contributed by atoms with Crippen LogP contribution in [-0.4, -0.2) is 27.8 Å². The van der Waals surface area contributed by atoms with E-state index in [1.165, 1.54) is 19.3 Å². The highest BCUT2D eigenvalue weighted by Crippen LogP contribution is 2.44. The summed E-state index contributed by atoms with van der Waals surface area (Å²) in [6.45, 7) is 12.2. The fourth-order valence-electron chi connectivity index (χ4n) is 3.06. The third kappa shape index (κ3) is 3.73. The molecule has 1 aromatic heterocycles. The standard InChI is InChI=1S/C16H27N3S/c1-6-9-17-14-13(7-8-16(14,4)5)20-15-18-11(2)10-12(3)19-15/h10,13-14,17H,6-9H2,1-5H3. The van der Waals surface area contributed by atoms with Crippen molar-refractivity contribution in [2.45, 2.75) is 70.3 Å². The number of hydrogen-bond acceptors (Lipinski definition) is 4. The Kier molecular flexibility index (Phi) is 5.08. The molecule has 1 aromatic rings. The van der Waals surface area contributed by atoms with Gasteiger partial charge in [-0.15, -0.1) is 0 Å². The lowest BCUT2D eigenvalue weighted by atomic mass is 9.87. The van der Waals surface area contributed by atoms with Crippen molar-refractivity contribution in [2.24, 2.45) is 5.41 Å². The number of nitrogens with zero attached hydrogens (tertiary/aromatic N) is 2. The molecule has 0 spiro atoms. The molecule has 1 fully saturated rings. The number of aromatic nitrogens is 2. The van der Waals surface area contributed by atoms with Crippen LogP contribution in [-0.2, 0) is 0 Å². The fraction of sp³-hybridized carbons (Fsp3) is 0.750. The smallest absolute Gasteiger partial charge is 0.188 e. The zero-order valence-electron chi connectivity index (χ0n) is 13.4. The lowest BCUT2D eigenvalue weighted by Gasteiger charge is -2.31. The third-order valence-electron chi connectivity index (χ3n) is 4.12. The predicted octanol–water partition coefficient (Wildman–Crippen LogP) is 3.74. The molecule has 0 aromatic carbocycles. The molecule has 0 bridgehead atoms. The van der Waals surface area contributed by atoms with Crippen molar-refractivity contribution in [3.8, 4) is 0 Å². The van der Waals surface area contributed by atoms with Crippen molar-refractivity contribution in [3.05, 3.63) is 17.5 Å². The van der Waals surface area contributed by atoms with Gasteiger partial charge in [-0.05, 0) is 51.1 Å². The topological polar surface area (TPSA) is 37.8 Å². The average Bonchev–Trinajstić information content (AvgIpc) is 2.61. The second kappa shape index (κ2) is 6.44. The van der Waals surface area contributed by atoms with E-state index in [4.69, 9.17) is 0 Å². The van der Waals surface area contributed by atoms with Gasteiger partial charge < -0.3 is 5.32 Å². The van der Waals surface area contributed by atoms with Crippen molar-refractivity contribution >= 4 is 11.8 Å². The Bertz CT molecular complexity index is 439. The molecular formula is C16H27N3S. The van der Waals surface area contributed by atoms with Crippen LogP contribution in [0.15, 0.2) is 11.2 Å². The second-order valence-electron chi connectivity index (χ2n) is 6.55. The van der Waals surface area contributed by atoms with Crippen molar-refractivity contribution < 1.29 is 0 Å². The van der Waals surface area contributed by atoms with E-state index in [9.17, 15) is 0 Å². The lowest BCUT2D eigenvalue weighted by molar-refractivity contribution is 0.287. The van der Waals surface area contributed by atoms with Gasteiger partial charge in [-0.3, -0.25) is 0 Å². The molecule has 1 heterocycles. The monoisotopic (exact) mass is 293 g/mol. The Morgan fingerprint density at radius 2 is 1.95 bits per heavy atom. The minimum atomic E-state index is 0.367. The summed E-state index contributed by atoms with van der Waals surface area (Å²) >= 11 is 1.86. The van der Waals surface area contributed by atoms with Gasteiger partial charge in [0.1, 0.15) is 0 Å². The Hall–Kier alpha value is -0.610. The molecule has 0 saturated heterocycles. The molecule has 4 heteroatoms. The summed E-state index contributed by atoms with van der Waals surface area (Å²) in [5.41, 5.74) is 2.50. The number of hydrogen-bond donors (Lipinski definition) is 1. The summed E-state index contributed by atoms with van der Waals surface area (Å²) in [7, 11) is 0. The number of thioether (sulfide) groups is 1. The molecule has 1 N–H and O–H groups in total. The molecular weight excluding hydrogens is 266 g/mol. The van der Waals surface area contributed by atoms with E-state index in [1.54, 1.807) is 0 Å². The third-order valence-corrected chi connectivity index (χ3v) is 5.32. The van der Waals surface area contributed by atoms with E-state index in [2.05, 4.69) is 36.1 Å². The summed E-state index contributed by atoms with van der Waals surface area (Å²) in [5, 5.41) is 5.26. The van der Waals surface area contributed by atoms with Crippen LogP contribution in [0, 0.1) is 19.3 Å². The predicted molar refractivity (Wildman–Crippen MR) is 86.2 cm³/mol. The first kappa shape index (κ1) is 15.8. The maximum Gasteiger partial charge on any atom is 0.188 e. The highest BCUT2D eigenvalue weighted by Gasteiger charge is 2.42. The Labute approximate surface area is 127 Å². The van der Waals surface area contributed by atoms with Crippen LogP contribution in [0.1, 0.15) is 51.4 Å². The first-order valence-corrected chi connectivity index (χ1v) is 8.52. The second-order valence-corrected chi connectivity index (χ2v) is 7.75. The quantitative estimate of drug-likeness (QED) is 0.839. The molecule has 20 heavy (non-hydrogen) atoms. The number of nitrogens with one attached hydrogen (secondary N) is 1. The first-order chi connectivity index (χ1) is 9.42. The number of aryl methyl sites for hydroxylation is 2. The van der Waals surface area contributed by atoms with Gasteiger partial charge in [-0.25, -0.2) is 9.97 Å². The van der Waals surface area contributed by atoms with Gasteiger partial charge in [0.15, 0.2) is 5.16 Å². The normalized spacial score (nSPS) is 25.1. The van der Waals surface area contributed by atoms with Crippen molar-refractivity contribution in [2.75, 3.05) is 6.54 Å². The molecule has 112 valence electrons. The molecule has 0 amide bonds. The highest BCUT2D eigenvalue weighted by atomic mass is 32.2. The first-order valence-electron chi connectivity index (χ1n) is 7.64. The summed E-state index contributed by atoms with van der Waals surface area (Å²) in [4.78, 5) is 9.17. The highest BCUT2D eigenvalue weighted by molar-refractivity contribution is 7.99. The van der Waals surface area contributed by atoms with Crippen molar-refractivity contribution in [1.82, 2.24) is 15.3 Å². The summed E-state index contributed by atoms with van der Waals surface area (Å²) < 4.78 is 0. The lowest BCUT2D eigenvalue weighted by Crippen LogP contribution is -2.43. The van der Waals surface area contributed by atoms with Crippen LogP contribution in [0.3, 0.4) is 0 Å². The zero-order chi connectivity index (χ0) is 14.8. The molecule has 1 aliphatic carbocycles. The maximum absolute atomic E-state index is 4.58. The van der Waals surface area contributed by atoms with Gasteiger partial charge in [-0.2, -0.15) is 0 Å². The summed E-state index contributed by atoms with van der Waals surface area (Å²) in [5.74, 6) is 0. The fourth-order valence-corrected chi connectivity index (χ4v) is 4.56. The number of rotatable bonds is 5. The zero-order valence-corrected chi connectivity index (χ0v) is 14.2. The van der Waals surface area contributed by atoms with Crippen LogP contribution < -0.4 is 5.32 Å². The van der Waals surface area contributed by atoms with Gasteiger partial charge in [0.25, 0.3) is 0 Å². The molecule has 1 aliphatic rings. The molecule has 0 aliphatic heterocycles. The van der Waals surface area contributed by atoms with E-state index in [0.29, 0.717) is 16.7 Å². The minimum absolute atomic E-state index is 0.367. The molecule has 1 saturated carbocycles. The van der Waals surface area contributed by atoms with E-state index >= 15 is 0 Å². The van der Waals surface area contributed by atoms with Crippen molar-refractivity contribution in [1.29, 1.82) is 0 Å². The van der Waals surface area contributed by atoms with E-state index in [1.807, 2.05) is 31.7 Å². The maximum atomic E-state index is 4.58. The van der Waals surface area contributed by atoms with Crippen LogP contribution in [0.2, 0.25) is 0 Å². The van der Waals surface area contributed by atoms with Gasteiger partial charge in [0.2, 0.25) is 0 Å². The SMILES string of the molecule is CCCNC1C(Sc2nc(C)cc(C)n2)CCC1(C)C. The van der Waals surface area contributed by atoms with Gasteiger partial charge >= 0.3 is 0 Å². The van der Waals surface area contributed by atoms with Crippen LogP contribution in [0.25, 0.3) is 0 Å². The molecule has 3 nitrogen and oxygen atoms in total. The van der Waals surface area contributed by atoms with E-state index in [0.717, 1.165) is 23.1 Å². The molecule has 0 radical (unpaired) electrons. The van der Waals surface area contributed by atoms with Gasteiger partial charge in [0, 0.05) is 22.7 Å². The van der Waals surface area contributed by atoms with Gasteiger partial charge in [-0.1, -0.05) is 32.5 Å². The van der Waals surface area contributed by atoms with Gasteiger partial charge in [0.05, 0.1) is 0 Å². The Morgan fingerprint density at radius 3 is 2.55 bits per heavy atom. The minimum Gasteiger partial charge on any atom is -0.312 e. The molecule has 2 unspecified atom stereocenters. The summed E-state index contributed by atoms with van der Waals surface area (Å²) in [6, 6.07) is 2.59. The van der Waals surface area contributed by atoms with E-state index < -0.39 is 0 Å². The largest absolute Gasteiger partial charge is 0.312 e. The molecule has 2 rings (SSSR count). The Morgan fingerprint density at radius 1 is 1.30 bits per heavy atom. The van der Waals surface area contributed by atoms with Crippen LogP contribution in [0.5, 0.6) is 0 Å². The van der Waals surface area contributed by atoms with E-state index in [-0.39, 0.29) is 0 Å². The van der Waals surface area contributed by atoms with Crippen LogP contribution >= 0.6 is 11.8 Å². The van der Waals surface area contributed by atoms with Crippen molar-refractivity contribution in [3.63, 3.8) is 0 Å². The van der Waals surface area contributed by atoms with Crippen LogP contribution in [0.4, 0.5) is 0 Å². The summed E-state index contributed by atoms with van der Waals surface area (Å²) in [6.07, 6.45) is 3.70. The average molecular weight is 293 g/mol. The molecule has 2 atom stereocenters.